The monoisotopic (exact) mass is 399 g/mol. The van der Waals surface area contributed by atoms with Gasteiger partial charge in [0.25, 0.3) is 5.91 Å². The molecule has 1 atom stereocenters. The van der Waals surface area contributed by atoms with Crippen molar-refractivity contribution in [2.24, 2.45) is 0 Å². The molecule has 1 saturated heterocycles. The van der Waals surface area contributed by atoms with E-state index in [1.807, 2.05) is 41.8 Å². The lowest BCUT2D eigenvalue weighted by Gasteiger charge is -2.23. The third kappa shape index (κ3) is 3.94. The van der Waals surface area contributed by atoms with E-state index < -0.39 is 17.5 Å². The molecule has 1 aliphatic heterocycles. The summed E-state index contributed by atoms with van der Waals surface area (Å²) in [5, 5.41) is 4.70. The smallest absolute Gasteiger partial charge is 0.325 e. The van der Waals surface area contributed by atoms with Gasteiger partial charge in [-0.15, -0.1) is 11.3 Å². The first kappa shape index (κ1) is 20.1. The van der Waals surface area contributed by atoms with Crippen molar-refractivity contribution in [1.29, 1.82) is 0 Å². The molecule has 2 heterocycles. The van der Waals surface area contributed by atoms with Crippen LogP contribution in [0.25, 0.3) is 0 Å². The molecule has 28 heavy (non-hydrogen) atoms. The number of imide groups is 1. The largest absolute Gasteiger partial charge is 0.339 e. The molecule has 1 aliphatic rings. The molecular formula is C21H25N3O3S. The van der Waals surface area contributed by atoms with Crippen LogP contribution in [0.5, 0.6) is 0 Å². The normalized spacial score (nSPS) is 19.0. The highest BCUT2D eigenvalue weighted by Gasteiger charge is 2.49. The molecule has 1 unspecified atom stereocenters. The Morgan fingerprint density at radius 2 is 1.93 bits per heavy atom. The van der Waals surface area contributed by atoms with Crippen LogP contribution in [-0.4, -0.2) is 41.2 Å². The van der Waals surface area contributed by atoms with Gasteiger partial charge in [0.15, 0.2) is 0 Å². The van der Waals surface area contributed by atoms with Crippen molar-refractivity contribution in [2.45, 2.75) is 38.8 Å². The Balaban J connectivity index is 1.70. The number of hydrogen-bond acceptors (Lipinski definition) is 4. The molecule has 1 aromatic heterocycles. The molecule has 7 heteroatoms. The highest BCUT2D eigenvalue weighted by atomic mass is 32.1. The Hall–Kier alpha value is -2.67. The summed E-state index contributed by atoms with van der Waals surface area (Å²) >= 11 is 1.56. The van der Waals surface area contributed by atoms with Gasteiger partial charge in [-0.25, -0.2) is 4.79 Å². The first-order valence-corrected chi connectivity index (χ1v) is 10.2. The summed E-state index contributed by atoms with van der Waals surface area (Å²) in [6, 6.07) is 11.0. The number of carbonyl (C=O) groups excluding carboxylic acids is 3. The van der Waals surface area contributed by atoms with E-state index in [-0.39, 0.29) is 12.5 Å². The van der Waals surface area contributed by atoms with Gasteiger partial charge in [-0.05, 0) is 35.9 Å². The van der Waals surface area contributed by atoms with Crippen LogP contribution in [0.4, 0.5) is 4.79 Å². The van der Waals surface area contributed by atoms with E-state index in [1.54, 1.807) is 25.3 Å². The first-order chi connectivity index (χ1) is 13.3. The third-order valence-corrected chi connectivity index (χ3v) is 5.90. The van der Waals surface area contributed by atoms with E-state index in [1.165, 1.54) is 10.5 Å². The summed E-state index contributed by atoms with van der Waals surface area (Å²) in [5.41, 5.74) is 0.746. The molecule has 0 saturated carbocycles. The van der Waals surface area contributed by atoms with Crippen LogP contribution < -0.4 is 5.32 Å². The topological polar surface area (TPSA) is 69.7 Å². The van der Waals surface area contributed by atoms with Gasteiger partial charge in [0.1, 0.15) is 12.1 Å². The third-order valence-electron chi connectivity index (χ3n) is 5.04. The van der Waals surface area contributed by atoms with Gasteiger partial charge >= 0.3 is 6.03 Å². The standard InChI is InChI=1S/C21H25N3O3S/c1-4-6-15-8-10-16(11-9-15)21(2)19(26)24(20(27)22-21)14-18(25)23(3)13-17-7-5-12-28-17/h5,7-12H,4,6,13-14H2,1-3H3,(H,22,27). The Bertz CT molecular complexity index is 864. The Kier molecular flexibility index (Phi) is 5.84. The average Bonchev–Trinajstić information content (AvgIpc) is 3.25. The summed E-state index contributed by atoms with van der Waals surface area (Å²) in [5.74, 6) is -0.682. The second kappa shape index (κ2) is 8.14. The van der Waals surface area contributed by atoms with E-state index in [0.717, 1.165) is 22.6 Å². The Morgan fingerprint density at radius 1 is 1.21 bits per heavy atom. The van der Waals surface area contributed by atoms with Crippen LogP contribution in [0.3, 0.4) is 0 Å². The maximum Gasteiger partial charge on any atom is 0.325 e. The quantitative estimate of drug-likeness (QED) is 0.727. The van der Waals surface area contributed by atoms with Crippen molar-refractivity contribution < 1.29 is 14.4 Å². The molecule has 1 N–H and O–H groups in total. The van der Waals surface area contributed by atoms with Crippen LogP contribution in [0, 0.1) is 0 Å². The lowest BCUT2D eigenvalue weighted by molar-refractivity contribution is -0.138. The number of nitrogens with one attached hydrogen (secondary N) is 1. The predicted octanol–water partition coefficient (Wildman–Crippen LogP) is 3.13. The van der Waals surface area contributed by atoms with Crippen LogP contribution in [0.1, 0.15) is 36.3 Å². The first-order valence-electron chi connectivity index (χ1n) is 9.35. The molecule has 1 fully saturated rings. The Labute approximate surface area is 169 Å². The maximum atomic E-state index is 13.0. The lowest BCUT2D eigenvalue weighted by Crippen LogP contribution is -2.43. The summed E-state index contributed by atoms with van der Waals surface area (Å²) < 4.78 is 0. The minimum atomic E-state index is -1.16. The molecule has 0 bridgehead atoms. The minimum Gasteiger partial charge on any atom is -0.339 e. The molecule has 0 aliphatic carbocycles. The number of aryl methyl sites for hydroxylation is 1. The summed E-state index contributed by atoms with van der Waals surface area (Å²) in [7, 11) is 1.67. The fourth-order valence-corrected chi connectivity index (χ4v) is 4.07. The van der Waals surface area contributed by atoms with Gasteiger partial charge in [0, 0.05) is 11.9 Å². The van der Waals surface area contributed by atoms with Crippen molar-refractivity contribution in [1.82, 2.24) is 15.1 Å². The van der Waals surface area contributed by atoms with Crippen molar-refractivity contribution in [3.05, 3.63) is 57.8 Å². The number of thiophene rings is 1. The molecule has 2 aromatic rings. The van der Waals surface area contributed by atoms with Crippen molar-refractivity contribution in [3.63, 3.8) is 0 Å². The van der Waals surface area contributed by atoms with E-state index in [9.17, 15) is 14.4 Å². The molecule has 3 rings (SSSR count). The van der Waals surface area contributed by atoms with E-state index in [2.05, 4.69) is 12.2 Å². The van der Waals surface area contributed by atoms with Crippen LogP contribution in [0.15, 0.2) is 41.8 Å². The highest BCUT2D eigenvalue weighted by molar-refractivity contribution is 7.09. The molecule has 148 valence electrons. The Morgan fingerprint density at radius 3 is 2.54 bits per heavy atom. The number of amides is 4. The minimum absolute atomic E-state index is 0.268. The van der Waals surface area contributed by atoms with Crippen LogP contribution in [-0.2, 0) is 28.1 Å². The molecule has 0 spiro atoms. The lowest BCUT2D eigenvalue weighted by atomic mass is 9.91. The fourth-order valence-electron chi connectivity index (χ4n) is 3.31. The molecule has 4 amide bonds. The fraction of sp³-hybridized carbons (Fsp3) is 0.381. The zero-order valence-corrected chi connectivity index (χ0v) is 17.2. The second-order valence-electron chi connectivity index (χ2n) is 7.22. The van der Waals surface area contributed by atoms with E-state index in [0.29, 0.717) is 12.1 Å². The predicted molar refractivity (Wildman–Crippen MR) is 109 cm³/mol. The molecule has 0 radical (unpaired) electrons. The molecular weight excluding hydrogens is 374 g/mol. The number of urea groups is 1. The maximum absolute atomic E-state index is 13.0. The van der Waals surface area contributed by atoms with Gasteiger partial charge in [-0.3, -0.25) is 14.5 Å². The van der Waals surface area contributed by atoms with Crippen molar-refractivity contribution >= 4 is 29.2 Å². The van der Waals surface area contributed by atoms with Crippen LogP contribution >= 0.6 is 11.3 Å². The molecule has 6 nitrogen and oxygen atoms in total. The van der Waals surface area contributed by atoms with Crippen molar-refractivity contribution in [2.75, 3.05) is 13.6 Å². The number of likely N-dealkylation sites (N-methyl/N-ethyl adjacent to an activating group) is 1. The van der Waals surface area contributed by atoms with Gasteiger partial charge < -0.3 is 10.2 Å². The highest BCUT2D eigenvalue weighted by Crippen LogP contribution is 2.29. The van der Waals surface area contributed by atoms with Gasteiger partial charge in [0.2, 0.25) is 5.91 Å². The summed E-state index contributed by atoms with van der Waals surface area (Å²) in [6.07, 6.45) is 2.01. The van der Waals surface area contributed by atoms with E-state index >= 15 is 0 Å². The number of nitrogens with zero attached hydrogens (tertiary/aromatic N) is 2. The molecule has 1 aromatic carbocycles. The summed E-state index contributed by atoms with van der Waals surface area (Å²) in [4.78, 5) is 41.6. The number of rotatable bonds is 7. The zero-order valence-electron chi connectivity index (χ0n) is 16.4. The van der Waals surface area contributed by atoms with Crippen molar-refractivity contribution in [3.8, 4) is 0 Å². The SMILES string of the molecule is CCCc1ccc(C2(C)NC(=O)N(CC(=O)N(C)Cc3cccs3)C2=O)cc1. The zero-order chi connectivity index (χ0) is 20.3. The summed E-state index contributed by atoms with van der Waals surface area (Å²) in [6.45, 7) is 3.98. The number of hydrogen-bond donors (Lipinski definition) is 1. The number of carbonyl (C=O) groups is 3. The number of benzene rings is 1. The van der Waals surface area contributed by atoms with Gasteiger partial charge in [-0.2, -0.15) is 0 Å². The van der Waals surface area contributed by atoms with E-state index in [4.69, 9.17) is 0 Å². The van der Waals surface area contributed by atoms with Crippen LogP contribution in [0.2, 0.25) is 0 Å². The second-order valence-corrected chi connectivity index (χ2v) is 8.25. The average molecular weight is 400 g/mol. The van der Waals surface area contributed by atoms with Gasteiger partial charge in [0.05, 0.1) is 6.54 Å². The van der Waals surface area contributed by atoms with Gasteiger partial charge in [-0.1, -0.05) is 43.7 Å².